The van der Waals surface area contributed by atoms with Crippen molar-refractivity contribution in [3.05, 3.63) is 89.6 Å². The molecule has 6 nitrogen and oxygen atoms in total. The highest BCUT2D eigenvalue weighted by molar-refractivity contribution is 6.07. The lowest BCUT2D eigenvalue weighted by atomic mass is 10.1. The van der Waals surface area contributed by atoms with E-state index in [0.717, 1.165) is 13.0 Å². The van der Waals surface area contributed by atoms with E-state index in [1.807, 2.05) is 18.2 Å². The van der Waals surface area contributed by atoms with E-state index in [1.54, 1.807) is 36.4 Å². The van der Waals surface area contributed by atoms with E-state index in [-0.39, 0.29) is 5.91 Å². The third-order valence-electron chi connectivity index (χ3n) is 4.17. The average Bonchev–Trinajstić information content (AvgIpc) is 2.75. The first-order valence-corrected chi connectivity index (χ1v) is 8.90. The topological polar surface area (TPSA) is 80.3 Å². The van der Waals surface area contributed by atoms with E-state index in [0.29, 0.717) is 22.6 Å². The highest BCUT2D eigenvalue weighted by atomic mass is 16.5. The van der Waals surface area contributed by atoms with Gasteiger partial charge in [0.2, 0.25) is 0 Å². The van der Waals surface area contributed by atoms with Crippen LogP contribution in [0.5, 0.6) is 0 Å². The molecule has 0 unspecified atom stereocenters. The van der Waals surface area contributed by atoms with Crippen molar-refractivity contribution in [1.82, 2.24) is 4.98 Å². The molecule has 0 saturated heterocycles. The Balaban J connectivity index is 1.59. The molecule has 1 heterocycles. The zero-order valence-corrected chi connectivity index (χ0v) is 15.5. The molecule has 3 aromatic rings. The van der Waals surface area contributed by atoms with Gasteiger partial charge in [-0.05, 0) is 36.2 Å². The molecule has 28 heavy (non-hydrogen) atoms. The molecular weight excluding hydrogens is 354 g/mol. The smallest absolute Gasteiger partial charge is 0.339 e. The second kappa shape index (κ2) is 9.32. The highest BCUT2D eigenvalue weighted by Gasteiger charge is 2.14. The number of carbonyl (C=O) groups excluding carboxylic acids is 2. The number of anilines is 2. The number of rotatable bonds is 7. The van der Waals surface area contributed by atoms with Gasteiger partial charge in [-0.2, -0.15) is 0 Å². The average molecular weight is 375 g/mol. The Labute approximate surface area is 163 Å². The van der Waals surface area contributed by atoms with Crippen LogP contribution >= 0.6 is 0 Å². The van der Waals surface area contributed by atoms with Gasteiger partial charge in [0.05, 0.1) is 23.9 Å². The molecule has 0 aliphatic rings. The first-order valence-electron chi connectivity index (χ1n) is 8.90. The number of nitrogens with one attached hydrogen (secondary N) is 2. The summed E-state index contributed by atoms with van der Waals surface area (Å²) in [7, 11) is 1.30. The Morgan fingerprint density at radius 2 is 1.71 bits per heavy atom. The molecule has 0 bridgehead atoms. The normalized spacial score (nSPS) is 10.2. The van der Waals surface area contributed by atoms with Crippen molar-refractivity contribution in [2.24, 2.45) is 0 Å². The van der Waals surface area contributed by atoms with Crippen LogP contribution in [-0.2, 0) is 11.2 Å². The predicted octanol–water partition coefficient (Wildman–Crippen LogP) is 3.78. The van der Waals surface area contributed by atoms with Gasteiger partial charge < -0.3 is 15.4 Å². The second-order valence-electron chi connectivity index (χ2n) is 6.09. The number of pyridine rings is 1. The Hall–Kier alpha value is -3.67. The first-order chi connectivity index (χ1) is 13.7. The summed E-state index contributed by atoms with van der Waals surface area (Å²) in [6.07, 6.45) is 2.38. The number of hydrogen-bond acceptors (Lipinski definition) is 5. The molecule has 0 radical (unpaired) electrons. The molecule has 0 saturated carbocycles. The molecule has 142 valence electrons. The SMILES string of the molecule is COC(=O)c1ccccc1NC(=O)c1ccc(NCCc2ccccc2)nc1. The van der Waals surface area contributed by atoms with E-state index in [9.17, 15) is 9.59 Å². The van der Waals surface area contributed by atoms with E-state index < -0.39 is 5.97 Å². The molecule has 6 heteroatoms. The number of benzene rings is 2. The van der Waals surface area contributed by atoms with Crippen LogP contribution in [-0.4, -0.2) is 30.5 Å². The quantitative estimate of drug-likeness (QED) is 0.615. The molecule has 2 aromatic carbocycles. The molecule has 1 aromatic heterocycles. The van der Waals surface area contributed by atoms with Crippen LogP contribution in [0.25, 0.3) is 0 Å². The van der Waals surface area contributed by atoms with Gasteiger partial charge in [-0.15, -0.1) is 0 Å². The minimum Gasteiger partial charge on any atom is -0.465 e. The molecule has 0 aliphatic carbocycles. The van der Waals surface area contributed by atoms with E-state index >= 15 is 0 Å². The van der Waals surface area contributed by atoms with Crippen molar-refractivity contribution in [1.29, 1.82) is 0 Å². The van der Waals surface area contributed by atoms with Crippen LogP contribution in [0.2, 0.25) is 0 Å². The van der Waals surface area contributed by atoms with Crippen molar-refractivity contribution < 1.29 is 14.3 Å². The zero-order chi connectivity index (χ0) is 19.8. The Bertz CT molecular complexity index is 941. The summed E-state index contributed by atoms with van der Waals surface area (Å²) in [6, 6.07) is 20.3. The molecule has 0 atom stereocenters. The molecule has 1 amide bonds. The molecule has 0 fully saturated rings. The van der Waals surface area contributed by atoms with Crippen molar-refractivity contribution in [3.63, 3.8) is 0 Å². The minimum absolute atomic E-state index is 0.297. The summed E-state index contributed by atoms with van der Waals surface area (Å²) < 4.78 is 4.74. The van der Waals surface area contributed by atoms with Crippen molar-refractivity contribution >= 4 is 23.4 Å². The van der Waals surface area contributed by atoms with Crippen molar-refractivity contribution in [2.75, 3.05) is 24.3 Å². The summed E-state index contributed by atoms with van der Waals surface area (Å²) in [5.74, 6) is -0.158. The van der Waals surface area contributed by atoms with Gasteiger partial charge in [-0.1, -0.05) is 42.5 Å². The maximum atomic E-state index is 12.5. The number of amides is 1. The second-order valence-corrected chi connectivity index (χ2v) is 6.09. The number of para-hydroxylation sites is 1. The maximum absolute atomic E-state index is 12.5. The summed E-state index contributed by atoms with van der Waals surface area (Å²) >= 11 is 0. The molecule has 3 rings (SSSR count). The lowest BCUT2D eigenvalue weighted by Crippen LogP contribution is -2.16. The van der Waals surface area contributed by atoms with Crippen LogP contribution in [0.4, 0.5) is 11.5 Å². The lowest BCUT2D eigenvalue weighted by Gasteiger charge is -2.10. The fourth-order valence-corrected chi connectivity index (χ4v) is 2.69. The lowest BCUT2D eigenvalue weighted by molar-refractivity contribution is 0.0602. The number of nitrogens with zero attached hydrogens (tertiary/aromatic N) is 1. The van der Waals surface area contributed by atoms with Crippen LogP contribution in [0.15, 0.2) is 72.9 Å². The Morgan fingerprint density at radius 1 is 0.964 bits per heavy atom. The van der Waals surface area contributed by atoms with Gasteiger partial charge in [0.1, 0.15) is 5.82 Å². The molecule has 2 N–H and O–H groups in total. The van der Waals surface area contributed by atoms with E-state index in [1.165, 1.54) is 18.9 Å². The first kappa shape index (κ1) is 19.1. The third-order valence-corrected chi connectivity index (χ3v) is 4.17. The number of aromatic nitrogens is 1. The molecule has 0 aliphatic heterocycles. The Morgan fingerprint density at radius 3 is 2.43 bits per heavy atom. The van der Waals surface area contributed by atoms with Gasteiger partial charge in [-0.3, -0.25) is 4.79 Å². The van der Waals surface area contributed by atoms with Gasteiger partial charge in [0, 0.05) is 12.7 Å². The summed E-state index contributed by atoms with van der Waals surface area (Å²) in [5, 5.41) is 5.96. The van der Waals surface area contributed by atoms with Crippen LogP contribution in [0, 0.1) is 0 Å². The summed E-state index contributed by atoms with van der Waals surface area (Å²) in [6.45, 7) is 0.745. The van der Waals surface area contributed by atoms with Crippen molar-refractivity contribution in [3.8, 4) is 0 Å². The van der Waals surface area contributed by atoms with Gasteiger partial charge in [-0.25, -0.2) is 9.78 Å². The van der Waals surface area contributed by atoms with Crippen LogP contribution in [0.3, 0.4) is 0 Å². The fourth-order valence-electron chi connectivity index (χ4n) is 2.69. The maximum Gasteiger partial charge on any atom is 0.339 e. The summed E-state index contributed by atoms with van der Waals surface area (Å²) in [5.41, 5.74) is 2.33. The Kier molecular flexibility index (Phi) is 6.36. The monoisotopic (exact) mass is 375 g/mol. The van der Waals surface area contributed by atoms with E-state index in [2.05, 4.69) is 27.8 Å². The number of hydrogen-bond donors (Lipinski definition) is 2. The van der Waals surface area contributed by atoms with Gasteiger partial charge in [0.25, 0.3) is 5.91 Å². The standard InChI is InChI=1S/C22H21N3O3/c1-28-22(27)18-9-5-6-10-19(18)25-21(26)17-11-12-20(24-15-17)23-14-13-16-7-3-2-4-8-16/h2-12,15H,13-14H2,1H3,(H,23,24)(H,25,26). The minimum atomic E-state index is -0.507. The third kappa shape index (κ3) is 4.94. The highest BCUT2D eigenvalue weighted by Crippen LogP contribution is 2.17. The fraction of sp³-hybridized carbons (Fsp3) is 0.136. The van der Waals surface area contributed by atoms with Gasteiger partial charge >= 0.3 is 5.97 Å². The number of carbonyl (C=O) groups is 2. The zero-order valence-electron chi connectivity index (χ0n) is 15.5. The molecular formula is C22H21N3O3. The van der Waals surface area contributed by atoms with Crippen molar-refractivity contribution in [2.45, 2.75) is 6.42 Å². The number of esters is 1. The number of methoxy groups -OCH3 is 1. The predicted molar refractivity (Wildman–Crippen MR) is 109 cm³/mol. The summed E-state index contributed by atoms with van der Waals surface area (Å²) in [4.78, 5) is 28.6. The van der Waals surface area contributed by atoms with E-state index in [4.69, 9.17) is 4.74 Å². The molecule has 0 spiro atoms. The van der Waals surface area contributed by atoms with Crippen LogP contribution < -0.4 is 10.6 Å². The van der Waals surface area contributed by atoms with Crippen LogP contribution in [0.1, 0.15) is 26.3 Å². The largest absolute Gasteiger partial charge is 0.465 e. The number of ether oxygens (including phenoxy) is 1. The van der Waals surface area contributed by atoms with Gasteiger partial charge in [0.15, 0.2) is 0 Å².